The second-order valence-electron chi connectivity index (χ2n) is 8.87. The molecule has 1 fully saturated rings. The van der Waals surface area contributed by atoms with Crippen LogP contribution in [0.4, 0.5) is 13.6 Å². The van der Waals surface area contributed by atoms with Gasteiger partial charge in [-0.3, -0.25) is 4.90 Å². The van der Waals surface area contributed by atoms with Crippen LogP contribution in [-0.4, -0.2) is 35.6 Å². The van der Waals surface area contributed by atoms with Crippen molar-refractivity contribution in [2.75, 3.05) is 13.6 Å². The van der Waals surface area contributed by atoms with Gasteiger partial charge in [-0.2, -0.15) is 0 Å². The van der Waals surface area contributed by atoms with Crippen molar-refractivity contribution in [2.24, 2.45) is 5.41 Å². The van der Waals surface area contributed by atoms with Crippen LogP contribution in [0.1, 0.15) is 50.8 Å². The van der Waals surface area contributed by atoms with E-state index in [4.69, 9.17) is 0 Å². The van der Waals surface area contributed by atoms with Gasteiger partial charge in [-0.05, 0) is 50.4 Å². The molecule has 2 aromatic carbocycles. The van der Waals surface area contributed by atoms with Crippen molar-refractivity contribution in [3.05, 3.63) is 71.3 Å². The Morgan fingerprint density at radius 3 is 2.57 bits per heavy atom. The molecule has 30 heavy (non-hydrogen) atoms. The lowest BCUT2D eigenvalue weighted by molar-refractivity contribution is -0.0373. The van der Waals surface area contributed by atoms with Crippen LogP contribution in [0, 0.1) is 17.0 Å². The summed E-state index contributed by atoms with van der Waals surface area (Å²) in [5.41, 5.74) is 1.05. The molecule has 0 aromatic heterocycles. The average Bonchev–Trinajstić information content (AvgIpc) is 2.69. The molecule has 6 heteroatoms. The van der Waals surface area contributed by atoms with Gasteiger partial charge in [-0.15, -0.1) is 0 Å². The number of hydrogen-bond donors (Lipinski definition) is 1. The molecule has 162 valence electrons. The highest BCUT2D eigenvalue weighted by Gasteiger charge is 2.42. The molecule has 0 bridgehead atoms. The fourth-order valence-electron chi connectivity index (χ4n) is 4.54. The first-order valence-corrected chi connectivity index (χ1v) is 10.5. The van der Waals surface area contributed by atoms with Crippen LogP contribution in [0.5, 0.6) is 0 Å². The Morgan fingerprint density at radius 2 is 1.90 bits per heavy atom. The zero-order chi connectivity index (χ0) is 21.9. The van der Waals surface area contributed by atoms with E-state index in [0.29, 0.717) is 6.54 Å². The molecule has 3 rings (SSSR count). The largest absolute Gasteiger partial charge is 0.331 e. The Bertz CT molecular complexity index is 872. The molecule has 1 aliphatic heterocycles. The van der Waals surface area contributed by atoms with Crippen LogP contribution in [0.3, 0.4) is 0 Å². The quantitative estimate of drug-likeness (QED) is 0.718. The normalized spacial score (nSPS) is 19.9. The fraction of sp³-hybridized carbons (Fsp3) is 0.458. The Balaban J connectivity index is 1.89. The van der Waals surface area contributed by atoms with Crippen LogP contribution >= 0.6 is 0 Å². The average molecular weight is 416 g/mol. The van der Waals surface area contributed by atoms with Crippen molar-refractivity contribution in [1.29, 1.82) is 0 Å². The third-order valence-corrected chi connectivity index (χ3v) is 5.99. The number of piperidine rings is 1. The van der Waals surface area contributed by atoms with Crippen molar-refractivity contribution in [3.63, 3.8) is 0 Å². The maximum atomic E-state index is 14.2. The van der Waals surface area contributed by atoms with E-state index in [9.17, 15) is 13.6 Å². The van der Waals surface area contributed by atoms with E-state index in [0.717, 1.165) is 31.0 Å². The SMILES string of the molecule is CC(NC(=O)N(Cc1ccccc1)C1N(C)CCCC1(C)C)c1cccc(F)c1F. The van der Waals surface area contributed by atoms with E-state index >= 15 is 0 Å². The molecular weight excluding hydrogens is 384 g/mol. The number of nitrogens with one attached hydrogen (secondary N) is 1. The molecule has 2 aromatic rings. The fourth-order valence-corrected chi connectivity index (χ4v) is 4.54. The number of rotatable bonds is 5. The first-order valence-electron chi connectivity index (χ1n) is 10.5. The minimum absolute atomic E-state index is 0.105. The molecule has 2 unspecified atom stereocenters. The molecule has 1 N–H and O–H groups in total. The van der Waals surface area contributed by atoms with Gasteiger partial charge in [-0.1, -0.05) is 56.3 Å². The van der Waals surface area contributed by atoms with Gasteiger partial charge in [0.1, 0.15) is 0 Å². The van der Waals surface area contributed by atoms with Gasteiger partial charge >= 0.3 is 6.03 Å². The van der Waals surface area contributed by atoms with Crippen molar-refractivity contribution >= 4 is 6.03 Å². The third-order valence-electron chi connectivity index (χ3n) is 5.99. The summed E-state index contributed by atoms with van der Waals surface area (Å²) in [4.78, 5) is 17.5. The standard InChI is InChI=1S/C24H31F2N3O/c1-17(19-12-8-13-20(25)21(19)26)27-23(30)29(16-18-10-6-5-7-11-18)22-24(2,3)14-9-15-28(22)4/h5-8,10-13,17,22H,9,14-16H2,1-4H3,(H,27,30). The summed E-state index contributed by atoms with van der Waals surface area (Å²) >= 11 is 0. The number of carbonyl (C=O) groups is 1. The van der Waals surface area contributed by atoms with Crippen molar-refractivity contribution < 1.29 is 13.6 Å². The molecule has 0 aliphatic carbocycles. The number of likely N-dealkylation sites (tertiary alicyclic amines) is 1. The molecular formula is C24H31F2N3O. The van der Waals surface area contributed by atoms with Crippen LogP contribution < -0.4 is 5.32 Å². The number of carbonyl (C=O) groups excluding carboxylic acids is 1. The lowest BCUT2D eigenvalue weighted by Gasteiger charge is -2.50. The van der Waals surface area contributed by atoms with Crippen molar-refractivity contribution in [3.8, 4) is 0 Å². The second-order valence-corrected chi connectivity index (χ2v) is 8.87. The first kappa shape index (κ1) is 22.2. The Labute approximate surface area is 177 Å². The molecule has 0 radical (unpaired) electrons. The molecule has 1 saturated heterocycles. The minimum Gasteiger partial charge on any atom is -0.331 e. The molecule has 1 heterocycles. The monoisotopic (exact) mass is 415 g/mol. The van der Waals surface area contributed by atoms with E-state index in [1.165, 1.54) is 12.1 Å². The Morgan fingerprint density at radius 1 is 1.20 bits per heavy atom. The smallest absolute Gasteiger partial charge is 0.319 e. The van der Waals surface area contributed by atoms with Gasteiger partial charge in [0.05, 0.1) is 12.2 Å². The summed E-state index contributed by atoms with van der Waals surface area (Å²) in [7, 11) is 2.03. The lowest BCUT2D eigenvalue weighted by Crippen LogP contribution is -2.60. The predicted octanol–water partition coefficient (Wildman–Crippen LogP) is 5.32. The van der Waals surface area contributed by atoms with E-state index in [1.54, 1.807) is 6.92 Å². The number of urea groups is 1. The second kappa shape index (κ2) is 9.13. The van der Waals surface area contributed by atoms with Gasteiger partial charge in [0.2, 0.25) is 0 Å². The number of benzene rings is 2. The van der Waals surface area contributed by atoms with Crippen LogP contribution in [0.25, 0.3) is 0 Å². The number of halogens is 2. The van der Waals surface area contributed by atoms with Gasteiger partial charge in [0, 0.05) is 12.1 Å². The third kappa shape index (κ3) is 4.81. The summed E-state index contributed by atoms with van der Waals surface area (Å²) in [6.45, 7) is 7.36. The van der Waals surface area contributed by atoms with E-state index < -0.39 is 17.7 Å². The van der Waals surface area contributed by atoms with Crippen LogP contribution in [0.15, 0.2) is 48.5 Å². The predicted molar refractivity (Wildman–Crippen MR) is 115 cm³/mol. The van der Waals surface area contributed by atoms with E-state index in [1.807, 2.05) is 42.3 Å². The summed E-state index contributed by atoms with van der Waals surface area (Å²) in [5.74, 6) is -1.84. The summed E-state index contributed by atoms with van der Waals surface area (Å²) in [5, 5.41) is 2.89. The molecule has 2 atom stereocenters. The van der Waals surface area contributed by atoms with Crippen molar-refractivity contribution in [1.82, 2.24) is 15.1 Å². The Kier molecular flexibility index (Phi) is 6.76. The summed E-state index contributed by atoms with van der Waals surface area (Å²) in [6.07, 6.45) is 1.97. The first-order chi connectivity index (χ1) is 14.2. The van der Waals surface area contributed by atoms with Crippen molar-refractivity contribution in [2.45, 2.75) is 52.4 Å². The molecule has 2 amide bonds. The maximum Gasteiger partial charge on any atom is 0.319 e. The number of nitrogens with zero attached hydrogens (tertiary/aromatic N) is 2. The Hall–Kier alpha value is -2.47. The van der Waals surface area contributed by atoms with E-state index in [-0.39, 0.29) is 23.2 Å². The van der Waals surface area contributed by atoms with Gasteiger partial charge in [0.15, 0.2) is 11.6 Å². The highest BCUT2D eigenvalue weighted by atomic mass is 19.2. The minimum atomic E-state index is -0.921. The molecule has 4 nitrogen and oxygen atoms in total. The maximum absolute atomic E-state index is 14.2. The summed E-state index contributed by atoms with van der Waals surface area (Å²) in [6, 6.07) is 12.9. The zero-order valence-electron chi connectivity index (χ0n) is 18.2. The van der Waals surface area contributed by atoms with Gasteiger partial charge in [0.25, 0.3) is 0 Å². The van der Waals surface area contributed by atoms with E-state index in [2.05, 4.69) is 24.1 Å². The highest BCUT2D eigenvalue weighted by molar-refractivity contribution is 5.75. The lowest BCUT2D eigenvalue weighted by atomic mass is 9.80. The van der Waals surface area contributed by atoms with Crippen LogP contribution in [-0.2, 0) is 6.54 Å². The number of hydrogen-bond acceptors (Lipinski definition) is 2. The molecule has 0 saturated carbocycles. The summed E-state index contributed by atoms with van der Waals surface area (Å²) < 4.78 is 27.9. The molecule has 0 spiro atoms. The zero-order valence-corrected chi connectivity index (χ0v) is 18.2. The van der Waals surface area contributed by atoms with Crippen LogP contribution in [0.2, 0.25) is 0 Å². The topological polar surface area (TPSA) is 35.6 Å². The molecule has 1 aliphatic rings. The number of amides is 2. The highest BCUT2D eigenvalue weighted by Crippen LogP contribution is 2.37. The van der Waals surface area contributed by atoms with Gasteiger partial charge < -0.3 is 10.2 Å². The van der Waals surface area contributed by atoms with Gasteiger partial charge in [-0.25, -0.2) is 13.6 Å².